The van der Waals surface area contributed by atoms with E-state index < -0.39 is 20.7 Å². The van der Waals surface area contributed by atoms with E-state index in [0.29, 0.717) is 21.4 Å². The van der Waals surface area contributed by atoms with Crippen molar-refractivity contribution in [1.82, 2.24) is 4.90 Å². The van der Waals surface area contributed by atoms with Crippen LogP contribution in [0.5, 0.6) is 11.5 Å². The first-order valence-electron chi connectivity index (χ1n) is 16.1. The van der Waals surface area contributed by atoms with Gasteiger partial charge in [0.05, 0.1) is 50.3 Å². The van der Waals surface area contributed by atoms with Crippen LogP contribution in [0.3, 0.4) is 0 Å². The highest BCUT2D eigenvalue weighted by molar-refractivity contribution is 6.44. The minimum Gasteiger partial charge on any atom is -0.495 e. The Morgan fingerprint density at radius 3 is 1.63 bits per heavy atom. The van der Waals surface area contributed by atoms with Gasteiger partial charge in [-0.1, -0.05) is 115 Å². The van der Waals surface area contributed by atoms with E-state index in [1.165, 1.54) is 75.6 Å². The fraction of sp³-hybridized carbons (Fsp3) is 0.297. The molecule has 0 aromatic heterocycles. The lowest BCUT2D eigenvalue weighted by molar-refractivity contribution is -0.385. The molecule has 0 saturated heterocycles. The van der Waals surface area contributed by atoms with Gasteiger partial charge in [0.25, 0.3) is 11.4 Å². The third kappa shape index (κ3) is 20.9. The monoisotopic (exact) mass is 931 g/mol. The summed E-state index contributed by atoms with van der Waals surface area (Å²) < 4.78 is 15.1. The maximum absolute atomic E-state index is 12.2. The molecule has 0 aliphatic heterocycles. The van der Waals surface area contributed by atoms with E-state index in [2.05, 4.69) is 37.3 Å². The van der Waals surface area contributed by atoms with Gasteiger partial charge in [-0.05, 0) is 56.0 Å². The molecule has 4 aromatic carbocycles. The second-order valence-corrected chi connectivity index (χ2v) is 12.8. The van der Waals surface area contributed by atoms with Crippen LogP contribution in [0, 0.1) is 20.2 Å². The third-order valence-electron chi connectivity index (χ3n) is 6.84. The zero-order valence-electron chi connectivity index (χ0n) is 31.5. The summed E-state index contributed by atoms with van der Waals surface area (Å²) in [7, 11) is 2.90. The second kappa shape index (κ2) is 32.1. The van der Waals surface area contributed by atoms with Crippen LogP contribution in [0.1, 0.15) is 47.1 Å². The lowest BCUT2D eigenvalue weighted by Crippen LogP contribution is -2.21. The Morgan fingerprint density at radius 1 is 0.737 bits per heavy atom. The minimum atomic E-state index is -0.855. The molecule has 0 saturated carbocycles. The van der Waals surface area contributed by atoms with Crippen LogP contribution < -0.4 is 9.47 Å². The zero-order valence-corrected chi connectivity index (χ0v) is 36.8. The second-order valence-electron chi connectivity index (χ2n) is 10.00. The number of carbonyl (C=O) groups is 1. The summed E-state index contributed by atoms with van der Waals surface area (Å²) in [5, 5.41) is 22.9. The molecule has 0 N–H and O–H groups in total. The topological polar surface area (TPSA) is 168 Å². The number of carbonyl (C=O) groups excluding carboxylic acids is 3. The summed E-state index contributed by atoms with van der Waals surface area (Å²) >= 11 is 39.0. The summed E-state index contributed by atoms with van der Waals surface area (Å²) in [5.74, 6) is -0.0894. The van der Waals surface area contributed by atoms with Crippen LogP contribution in [0.25, 0.3) is 0 Å². The molecule has 0 aliphatic carbocycles. The Labute approximate surface area is 365 Å². The van der Waals surface area contributed by atoms with Crippen molar-refractivity contribution < 1.29 is 38.4 Å². The van der Waals surface area contributed by atoms with Crippen molar-refractivity contribution in [2.45, 2.75) is 32.2 Å². The summed E-state index contributed by atoms with van der Waals surface area (Å²) in [6.07, 6.45) is 1.72. The molecular formula is C37H40Cl7N3O10. The Hall–Kier alpha value is -3.88. The summed E-state index contributed by atoms with van der Waals surface area (Å²) in [5.41, 5.74) is 0.381. The Kier molecular flexibility index (Phi) is 31.1. The predicted octanol–water partition coefficient (Wildman–Crippen LogP) is 12.0. The van der Waals surface area contributed by atoms with Crippen molar-refractivity contribution in [2.24, 2.45) is 0 Å². The first kappa shape index (κ1) is 55.2. The van der Waals surface area contributed by atoms with Gasteiger partial charge in [-0.3, -0.25) is 20.2 Å². The van der Waals surface area contributed by atoms with Crippen LogP contribution in [-0.4, -0.2) is 67.1 Å². The molecule has 13 nitrogen and oxygen atoms in total. The molecule has 0 bridgehead atoms. The van der Waals surface area contributed by atoms with E-state index in [1.54, 1.807) is 43.5 Å². The molecule has 0 aliphatic rings. The molecule has 0 amide bonds. The highest BCUT2D eigenvalue weighted by Gasteiger charge is 2.22. The van der Waals surface area contributed by atoms with Crippen LogP contribution >= 0.6 is 81.2 Å². The van der Waals surface area contributed by atoms with Gasteiger partial charge in [0.2, 0.25) is 0 Å². The first-order valence-corrected chi connectivity index (χ1v) is 19.2. The van der Waals surface area contributed by atoms with E-state index >= 15 is 0 Å². The number of benzene rings is 4. The molecule has 0 radical (unpaired) electrons. The lowest BCUT2D eigenvalue weighted by Gasteiger charge is -2.13. The standard InChI is InChI=1S/C15H11Cl2NO5.C7H5Cl2NO2.C7H6Cl2O.C6H15N.CH3Cl.CO2/c1-22-14-11(17)7-6-10(16)13(14)15(19)23-8-9-4-2-3-5-12(9)18(20)21;8-7(9)5-3-1-2-4-6(5)10(11)12;1-10-7-4-5(8)2-3-6(7)9;1-4-7(5-2)6-3;1-2;2-1-3/h2-7H,8H2,1H3;1-4,7H;2-4H,1H3;4-6H2,1-3H3;1H3;. The average Bonchev–Trinajstić information content (AvgIpc) is 3.21. The van der Waals surface area contributed by atoms with E-state index in [-0.39, 0.29) is 51.1 Å². The van der Waals surface area contributed by atoms with Gasteiger partial charge in [-0.2, -0.15) is 9.59 Å². The number of esters is 1. The van der Waals surface area contributed by atoms with Crippen molar-refractivity contribution in [3.05, 3.63) is 136 Å². The number of halogens is 7. The van der Waals surface area contributed by atoms with E-state index in [9.17, 15) is 25.0 Å². The van der Waals surface area contributed by atoms with Gasteiger partial charge in [0, 0.05) is 29.6 Å². The molecule has 0 heterocycles. The van der Waals surface area contributed by atoms with Gasteiger partial charge in [-0.15, -0.1) is 11.6 Å². The van der Waals surface area contributed by atoms with Crippen LogP contribution in [0.2, 0.25) is 20.1 Å². The number of hydrogen-bond acceptors (Lipinski definition) is 11. The van der Waals surface area contributed by atoms with E-state index in [1.807, 2.05) is 0 Å². The quantitative estimate of drug-likeness (QED) is 0.0607. The number of para-hydroxylation sites is 2. The smallest absolute Gasteiger partial charge is 0.373 e. The minimum absolute atomic E-state index is 0.0275. The fourth-order valence-electron chi connectivity index (χ4n) is 4.09. The van der Waals surface area contributed by atoms with Crippen molar-refractivity contribution in [2.75, 3.05) is 40.2 Å². The number of nitro groups is 2. The van der Waals surface area contributed by atoms with Gasteiger partial charge in [-0.25, -0.2) is 4.79 Å². The third-order valence-corrected chi connectivity index (χ3v) is 8.47. The van der Waals surface area contributed by atoms with Gasteiger partial charge in [0.1, 0.15) is 22.8 Å². The Bertz CT molecular complexity index is 1860. The van der Waals surface area contributed by atoms with E-state index in [0.717, 1.165) is 0 Å². The zero-order chi connectivity index (χ0) is 44.1. The van der Waals surface area contributed by atoms with Crippen molar-refractivity contribution in [1.29, 1.82) is 0 Å². The fourth-order valence-corrected chi connectivity index (χ4v) is 5.28. The van der Waals surface area contributed by atoms with Crippen LogP contribution in [0.4, 0.5) is 11.4 Å². The molecule has 312 valence electrons. The number of alkyl halides is 3. The predicted molar refractivity (Wildman–Crippen MR) is 226 cm³/mol. The molecule has 0 atom stereocenters. The van der Waals surface area contributed by atoms with E-state index in [4.69, 9.17) is 93.4 Å². The lowest BCUT2D eigenvalue weighted by atomic mass is 10.2. The van der Waals surface area contributed by atoms with Crippen molar-refractivity contribution in [3.63, 3.8) is 0 Å². The first-order chi connectivity index (χ1) is 27.1. The van der Waals surface area contributed by atoms with Crippen LogP contribution in [-0.2, 0) is 20.9 Å². The van der Waals surface area contributed by atoms with Crippen molar-refractivity contribution >= 4 is 105 Å². The van der Waals surface area contributed by atoms with Gasteiger partial charge >= 0.3 is 12.1 Å². The molecule has 0 fully saturated rings. The molecule has 0 unspecified atom stereocenters. The van der Waals surface area contributed by atoms with Crippen molar-refractivity contribution in [3.8, 4) is 11.5 Å². The Balaban J connectivity index is 0. The van der Waals surface area contributed by atoms with Gasteiger partial charge < -0.3 is 19.1 Å². The number of rotatable bonds is 11. The highest BCUT2D eigenvalue weighted by atomic mass is 35.5. The molecule has 4 aromatic rings. The summed E-state index contributed by atoms with van der Waals surface area (Å²) in [4.78, 5) is 50.3. The maximum Gasteiger partial charge on any atom is 0.373 e. The summed E-state index contributed by atoms with van der Waals surface area (Å²) in [6, 6.07) is 20.1. The number of methoxy groups -OCH3 is 2. The molecule has 0 spiro atoms. The maximum atomic E-state index is 12.2. The molecular weight excluding hydrogens is 895 g/mol. The summed E-state index contributed by atoms with van der Waals surface area (Å²) in [6.45, 7) is 9.85. The highest BCUT2D eigenvalue weighted by Crippen LogP contribution is 2.35. The van der Waals surface area contributed by atoms with Gasteiger partial charge in [0.15, 0.2) is 5.75 Å². The SMILES string of the molecule is CCN(CC)CC.CCl.COc1c(Cl)ccc(Cl)c1C(=O)OCc1ccccc1[N+](=O)[O-].COc1cc(Cl)ccc1Cl.O=C=O.O=[N+]([O-])c1ccccc1C(Cl)Cl. The number of hydrogen-bond donors (Lipinski definition) is 0. The number of nitrogens with zero attached hydrogens (tertiary/aromatic N) is 3. The average molecular weight is 935 g/mol. The Morgan fingerprint density at radius 2 is 1.21 bits per heavy atom. The molecule has 57 heavy (non-hydrogen) atoms. The number of nitro benzene ring substituents is 2. The normalized spacial score (nSPS) is 9.46. The molecule has 20 heteroatoms. The molecule has 4 rings (SSSR count). The largest absolute Gasteiger partial charge is 0.495 e. The number of ether oxygens (including phenoxy) is 3. The van der Waals surface area contributed by atoms with Crippen LogP contribution in [0.15, 0.2) is 78.9 Å².